The van der Waals surface area contributed by atoms with Crippen LogP contribution in [0.2, 0.25) is 0 Å². The molecule has 0 bridgehead atoms. The van der Waals surface area contributed by atoms with Gasteiger partial charge in [-0.25, -0.2) is 8.42 Å². The van der Waals surface area contributed by atoms with Gasteiger partial charge in [-0.15, -0.1) is 0 Å². The van der Waals surface area contributed by atoms with Crippen LogP contribution in [0.15, 0.2) is 24.3 Å². The first-order chi connectivity index (χ1) is 9.06. The Morgan fingerprint density at radius 2 is 2.16 bits per heavy atom. The Bertz CT molecular complexity index is 530. The first-order valence-corrected chi connectivity index (χ1v) is 8.10. The fourth-order valence-corrected chi connectivity index (χ4v) is 3.67. The minimum absolute atomic E-state index is 0.00438. The molecular weight excluding hydrogens is 264 g/mol. The van der Waals surface area contributed by atoms with E-state index in [0.29, 0.717) is 25.3 Å². The Balaban J connectivity index is 2.24. The van der Waals surface area contributed by atoms with Crippen molar-refractivity contribution < 1.29 is 13.2 Å². The molecule has 0 aromatic heterocycles. The smallest absolute Gasteiger partial charge is 0.237 e. The van der Waals surface area contributed by atoms with Crippen LogP contribution in [0.4, 0.5) is 5.69 Å². The van der Waals surface area contributed by atoms with E-state index in [1.807, 2.05) is 31.2 Å². The summed E-state index contributed by atoms with van der Waals surface area (Å²) in [4.78, 5) is 0. The highest BCUT2D eigenvalue weighted by atomic mass is 32.2. The average Bonchev–Trinajstić information content (AvgIpc) is 2.39. The lowest BCUT2D eigenvalue weighted by Gasteiger charge is -2.33. The van der Waals surface area contributed by atoms with Crippen molar-refractivity contribution in [2.24, 2.45) is 5.73 Å². The molecule has 0 saturated heterocycles. The molecule has 2 N–H and O–H groups in total. The summed E-state index contributed by atoms with van der Waals surface area (Å²) in [7, 11) is -3.34. The zero-order valence-electron chi connectivity index (χ0n) is 11.1. The number of hydrogen-bond acceptors (Lipinski definition) is 4. The number of para-hydroxylation sites is 1. The van der Waals surface area contributed by atoms with Crippen molar-refractivity contribution in [1.29, 1.82) is 0 Å². The van der Waals surface area contributed by atoms with Crippen molar-refractivity contribution in [2.75, 3.05) is 29.8 Å². The minimum Gasteiger partial charge on any atom is -0.381 e. The summed E-state index contributed by atoms with van der Waals surface area (Å²) >= 11 is 0. The summed E-state index contributed by atoms with van der Waals surface area (Å²) in [6, 6.07) is 7.34. The standard InChI is InChI=1S/C13H20N2O3S/c1-2-18-9-10-19(16,17)15-8-7-12(14)11-5-3-4-6-13(11)15/h3-6,12H,2,7-10,14H2,1H3. The second-order valence-corrected chi connectivity index (χ2v) is 6.55. The van der Waals surface area contributed by atoms with Crippen LogP contribution in [0.5, 0.6) is 0 Å². The summed E-state index contributed by atoms with van der Waals surface area (Å²) in [5.41, 5.74) is 7.63. The van der Waals surface area contributed by atoms with Crippen molar-refractivity contribution in [1.82, 2.24) is 0 Å². The Kier molecular flexibility index (Phi) is 4.44. The highest BCUT2D eigenvalue weighted by molar-refractivity contribution is 7.92. The van der Waals surface area contributed by atoms with E-state index in [-0.39, 0.29) is 18.4 Å². The SMILES string of the molecule is CCOCCS(=O)(=O)N1CCC(N)c2ccccc21. The van der Waals surface area contributed by atoms with E-state index < -0.39 is 10.0 Å². The molecule has 1 atom stereocenters. The maximum Gasteiger partial charge on any atom is 0.237 e. The highest BCUT2D eigenvalue weighted by Gasteiger charge is 2.29. The van der Waals surface area contributed by atoms with Crippen LogP contribution in [0, 0.1) is 0 Å². The molecule has 1 heterocycles. The number of fused-ring (bicyclic) bond motifs is 1. The molecule has 1 aliphatic rings. The maximum atomic E-state index is 12.3. The van der Waals surface area contributed by atoms with Gasteiger partial charge in [-0.05, 0) is 25.0 Å². The van der Waals surface area contributed by atoms with Gasteiger partial charge in [0.1, 0.15) is 0 Å². The second kappa shape index (κ2) is 5.90. The van der Waals surface area contributed by atoms with Crippen molar-refractivity contribution in [3.8, 4) is 0 Å². The molecule has 1 aliphatic heterocycles. The lowest BCUT2D eigenvalue weighted by Crippen LogP contribution is -2.40. The van der Waals surface area contributed by atoms with Crippen molar-refractivity contribution in [2.45, 2.75) is 19.4 Å². The van der Waals surface area contributed by atoms with E-state index in [4.69, 9.17) is 10.5 Å². The summed E-state index contributed by atoms with van der Waals surface area (Å²) in [6.45, 7) is 3.04. The Hall–Kier alpha value is -1.11. The van der Waals surface area contributed by atoms with Crippen molar-refractivity contribution in [3.05, 3.63) is 29.8 Å². The fraction of sp³-hybridized carbons (Fsp3) is 0.538. The zero-order valence-corrected chi connectivity index (χ0v) is 11.9. The topological polar surface area (TPSA) is 72.6 Å². The summed E-state index contributed by atoms with van der Waals surface area (Å²) < 4.78 is 31.3. The third-order valence-corrected chi connectivity index (χ3v) is 5.01. The van der Waals surface area contributed by atoms with Gasteiger partial charge >= 0.3 is 0 Å². The monoisotopic (exact) mass is 284 g/mol. The van der Waals surface area contributed by atoms with E-state index in [0.717, 1.165) is 5.56 Å². The first-order valence-electron chi connectivity index (χ1n) is 6.49. The number of sulfonamides is 1. The van der Waals surface area contributed by atoms with Crippen LogP contribution in [-0.2, 0) is 14.8 Å². The molecule has 1 aromatic carbocycles. The van der Waals surface area contributed by atoms with Gasteiger partial charge in [-0.1, -0.05) is 18.2 Å². The molecular formula is C13H20N2O3S. The van der Waals surface area contributed by atoms with E-state index in [2.05, 4.69) is 0 Å². The molecule has 1 aromatic rings. The largest absolute Gasteiger partial charge is 0.381 e. The van der Waals surface area contributed by atoms with Gasteiger partial charge < -0.3 is 10.5 Å². The molecule has 0 aliphatic carbocycles. The van der Waals surface area contributed by atoms with E-state index in [9.17, 15) is 8.42 Å². The number of benzene rings is 1. The van der Waals surface area contributed by atoms with Gasteiger partial charge in [0, 0.05) is 19.2 Å². The van der Waals surface area contributed by atoms with Gasteiger partial charge in [0.05, 0.1) is 18.0 Å². The number of nitrogens with zero attached hydrogens (tertiary/aromatic N) is 1. The number of rotatable bonds is 5. The molecule has 6 heteroatoms. The van der Waals surface area contributed by atoms with E-state index in [1.54, 1.807) is 0 Å². The molecule has 0 spiro atoms. The molecule has 0 saturated carbocycles. The highest BCUT2D eigenvalue weighted by Crippen LogP contribution is 2.33. The fourth-order valence-electron chi connectivity index (χ4n) is 2.27. The number of nitrogens with two attached hydrogens (primary N) is 1. The van der Waals surface area contributed by atoms with E-state index in [1.165, 1.54) is 4.31 Å². The quantitative estimate of drug-likeness (QED) is 0.826. The third-order valence-electron chi connectivity index (χ3n) is 3.27. The van der Waals surface area contributed by atoms with Gasteiger partial charge in [0.25, 0.3) is 0 Å². The lowest BCUT2D eigenvalue weighted by molar-refractivity contribution is 0.163. The second-order valence-electron chi connectivity index (χ2n) is 4.54. The molecule has 5 nitrogen and oxygen atoms in total. The van der Waals surface area contributed by atoms with Crippen molar-refractivity contribution in [3.63, 3.8) is 0 Å². The predicted octanol–water partition coefficient (Wildman–Crippen LogP) is 1.26. The molecule has 19 heavy (non-hydrogen) atoms. The summed E-state index contributed by atoms with van der Waals surface area (Å²) in [6.07, 6.45) is 0.644. The van der Waals surface area contributed by atoms with Gasteiger partial charge in [-0.3, -0.25) is 4.31 Å². The first kappa shape index (κ1) is 14.3. The zero-order chi connectivity index (χ0) is 13.9. The van der Waals surface area contributed by atoms with Crippen LogP contribution >= 0.6 is 0 Å². The van der Waals surface area contributed by atoms with Gasteiger partial charge in [0.2, 0.25) is 10.0 Å². The Morgan fingerprint density at radius 1 is 1.42 bits per heavy atom. The normalized spacial score (nSPS) is 19.3. The van der Waals surface area contributed by atoms with Crippen LogP contribution in [0.1, 0.15) is 24.9 Å². The predicted molar refractivity (Wildman–Crippen MR) is 75.6 cm³/mol. The molecule has 0 radical (unpaired) electrons. The van der Waals surface area contributed by atoms with E-state index >= 15 is 0 Å². The maximum absolute atomic E-state index is 12.3. The molecule has 2 rings (SSSR count). The molecule has 0 fully saturated rings. The van der Waals surface area contributed by atoms with Crippen LogP contribution in [0.25, 0.3) is 0 Å². The summed E-state index contributed by atoms with van der Waals surface area (Å²) in [5.74, 6) is 0.00438. The van der Waals surface area contributed by atoms with Crippen LogP contribution < -0.4 is 10.0 Å². The Morgan fingerprint density at radius 3 is 2.89 bits per heavy atom. The number of ether oxygens (including phenoxy) is 1. The molecule has 0 amide bonds. The molecule has 1 unspecified atom stereocenters. The van der Waals surface area contributed by atoms with Gasteiger partial charge in [-0.2, -0.15) is 0 Å². The van der Waals surface area contributed by atoms with Crippen LogP contribution in [-0.4, -0.2) is 33.9 Å². The minimum atomic E-state index is -3.34. The number of hydrogen-bond donors (Lipinski definition) is 1. The van der Waals surface area contributed by atoms with Crippen LogP contribution in [0.3, 0.4) is 0 Å². The average molecular weight is 284 g/mol. The third kappa shape index (κ3) is 3.08. The van der Waals surface area contributed by atoms with Crippen molar-refractivity contribution >= 4 is 15.7 Å². The Labute approximate surface area is 114 Å². The van der Waals surface area contributed by atoms with Gasteiger partial charge in [0.15, 0.2) is 0 Å². The lowest BCUT2D eigenvalue weighted by atomic mass is 9.99. The molecule has 106 valence electrons. The number of anilines is 1. The summed E-state index contributed by atoms with van der Waals surface area (Å²) in [5, 5.41) is 0.